The van der Waals surface area contributed by atoms with Gasteiger partial charge in [-0.1, -0.05) is 13.3 Å². The zero-order valence-electron chi connectivity index (χ0n) is 8.37. The Morgan fingerprint density at radius 2 is 2.23 bits per heavy atom. The molecule has 1 saturated heterocycles. The Hall–Kier alpha value is -0.730. The predicted octanol–water partition coefficient (Wildman–Crippen LogP) is 1.20. The summed E-state index contributed by atoms with van der Waals surface area (Å²) in [5.74, 6) is 1.63. The van der Waals surface area contributed by atoms with Gasteiger partial charge in [-0.2, -0.15) is 0 Å². The quantitative estimate of drug-likeness (QED) is 0.513. The van der Waals surface area contributed by atoms with Crippen molar-refractivity contribution in [2.45, 2.75) is 38.6 Å². The maximum absolute atomic E-state index is 5.91. The molecule has 1 aliphatic heterocycles. The third kappa shape index (κ3) is 2.14. The van der Waals surface area contributed by atoms with Crippen LogP contribution in [0.3, 0.4) is 0 Å². The van der Waals surface area contributed by atoms with Crippen LogP contribution in [0.5, 0.6) is 0 Å². The number of hydrogen-bond acceptors (Lipinski definition) is 1. The molecule has 1 aliphatic carbocycles. The standard InChI is InChI=1S/C10H19N3/c1-2-8-5-6-13(7-8)10(11)12-9-3-4-9/h8-9H,2-7H2,1H3,(H2,11,12). The Kier molecular flexibility index (Phi) is 2.42. The number of aliphatic imine (C=N–C) groups is 1. The van der Waals surface area contributed by atoms with Gasteiger partial charge in [0.2, 0.25) is 0 Å². The van der Waals surface area contributed by atoms with Gasteiger partial charge >= 0.3 is 0 Å². The summed E-state index contributed by atoms with van der Waals surface area (Å²) in [6, 6.07) is 0.556. The second-order valence-electron chi connectivity index (χ2n) is 4.23. The topological polar surface area (TPSA) is 41.6 Å². The summed E-state index contributed by atoms with van der Waals surface area (Å²) >= 11 is 0. The van der Waals surface area contributed by atoms with E-state index < -0.39 is 0 Å². The van der Waals surface area contributed by atoms with Gasteiger partial charge in [0.1, 0.15) is 0 Å². The van der Waals surface area contributed by atoms with Crippen LogP contribution in [0.1, 0.15) is 32.6 Å². The summed E-state index contributed by atoms with van der Waals surface area (Å²) in [6.45, 7) is 4.49. The van der Waals surface area contributed by atoms with E-state index in [0.29, 0.717) is 6.04 Å². The minimum Gasteiger partial charge on any atom is -0.370 e. The average molecular weight is 181 g/mol. The molecule has 0 aromatic carbocycles. The second kappa shape index (κ2) is 3.56. The number of nitrogens with zero attached hydrogens (tertiary/aromatic N) is 2. The molecule has 1 saturated carbocycles. The van der Waals surface area contributed by atoms with E-state index in [2.05, 4.69) is 16.8 Å². The van der Waals surface area contributed by atoms with E-state index in [1.807, 2.05) is 0 Å². The van der Waals surface area contributed by atoms with E-state index in [-0.39, 0.29) is 0 Å². The third-order valence-corrected chi connectivity index (χ3v) is 3.05. The summed E-state index contributed by atoms with van der Waals surface area (Å²) in [4.78, 5) is 6.70. The maximum Gasteiger partial charge on any atom is 0.191 e. The molecule has 2 aliphatic rings. The fraction of sp³-hybridized carbons (Fsp3) is 0.900. The van der Waals surface area contributed by atoms with Crippen LogP contribution in [-0.4, -0.2) is 30.0 Å². The maximum atomic E-state index is 5.91. The summed E-state index contributed by atoms with van der Waals surface area (Å²) in [5.41, 5.74) is 5.91. The number of nitrogens with two attached hydrogens (primary N) is 1. The van der Waals surface area contributed by atoms with Crippen LogP contribution in [0.4, 0.5) is 0 Å². The molecule has 3 heteroatoms. The van der Waals surface area contributed by atoms with Gasteiger partial charge in [-0.15, -0.1) is 0 Å². The van der Waals surface area contributed by atoms with Crippen molar-refractivity contribution in [1.82, 2.24) is 4.90 Å². The minimum atomic E-state index is 0.556. The van der Waals surface area contributed by atoms with Gasteiger partial charge < -0.3 is 10.6 Å². The van der Waals surface area contributed by atoms with E-state index in [0.717, 1.165) is 25.0 Å². The Labute approximate surface area is 80.0 Å². The van der Waals surface area contributed by atoms with E-state index >= 15 is 0 Å². The molecule has 2 N–H and O–H groups in total. The number of likely N-dealkylation sites (tertiary alicyclic amines) is 1. The number of rotatable bonds is 2. The van der Waals surface area contributed by atoms with Crippen molar-refractivity contribution in [3.63, 3.8) is 0 Å². The first-order valence-electron chi connectivity index (χ1n) is 5.37. The lowest BCUT2D eigenvalue weighted by molar-refractivity contribution is 0.466. The fourth-order valence-corrected chi connectivity index (χ4v) is 1.85. The molecule has 3 nitrogen and oxygen atoms in total. The van der Waals surface area contributed by atoms with E-state index in [1.54, 1.807) is 0 Å². The average Bonchev–Trinajstić information content (AvgIpc) is 2.82. The zero-order valence-corrected chi connectivity index (χ0v) is 8.37. The smallest absolute Gasteiger partial charge is 0.191 e. The van der Waals surface area contributed by atoms with Crippen LogP contribution >= 0.6 is 0 Å². The highest BCUT2D eigenvalue weighted by molar-refractivity contribution is 5.78. The SMILES string of the molecule is CCC1CCN(C(N)=NC2CC2)C1. The van der Waals surface area contributed by atoms with Crippen LogP contribution in [0, 0.1) is 5.92 Å². The van der Waals surface area contributed by atoms with Gasteiger partial charge in [-0.05, 0) is 25.2 Å². The highest BCUT2D eigenvalue weighted by atomic mass is 15.3. The van der Waals surface area contributed by atoms with Crippen molar-refractivity contribution < 1.29 is 0 Å². The summed E-state index contributed by atoms with van der Waals surface area (Å²) in [7, 11) is 0. The molecule has 13 heavy (non-hydrogen) atoms. The first-order valence-corrected chi connectivity index (χ1v) is 5.37. The first-order chi connectivity index (χ1) is 6.29. The molecule has 0 aromatic heterocycles. The monoisotopic (exact) mass is 181 g/mol. The van der Waals surface area contributed by atoms with Crippen molar-refractivity contribution in [3.05, 3.63) is 0 Å². The molecule has 0 bridgehead atoms. The van der Waals surface area contributed by atoms with Gasteiger partial charge in [0, 0.05) is 13.1 Å². The molecule has 1 heterocycles. The molecule has 1 unspecified atom stereocenters. The summed E-state index contributed by atoms with van der Waals surface area (Å²) in [6.07, 6.45) is 5.04. The molecule has 2 rings (SSSR count). The van der Waals surface area contributed by atoms with Crippen molar-refractivity contribution in [2.24, 2.45) is 16.6 Å². The van der Waals surface area contributed by atoms with Crippen LogP contribution in [0.25, 0.3) is 0 Å². The van der Waals surface area contributed by atoms with Crippen LogP contribution in [0.2, 0.25) is 0 Å². The summed E-state index contributed by atoms with van der Waals surface area (Å²) < 4.78 is 0. The summed E-state index contributed by atoms with van der Waals surface area (Å²) in [5, 5.41) is 0. The largest absolute Gasteiger partial charge is 0.370 e. The Bertz CT molecular complexity index is 208. The Morgan fingerprint density at radius 1 is 1.46 bits per heavy atom. The molecular formula is C10H19N3. The lowest BCUT2D eigenvalue weighted by Gasteiger charge is -2.16. The molecular weight excluding hydrogens is 162 g/mol. The Balaban J connectivity index is 1.86. The number of guanidine groups is 1. The highest BCUT2D eigenvalue weighted by Crippen LogP contribution is 2.25. The van der Waals surface area contributed by atoms with Crippen molar-refractivity contribution >= 4 is 5.96 Å². The van der Waals surface area contributed by atoms with Crippen LogP contribution in [-0.2, 0) is 0 Å². The van der Waals surface area contributed by atoms with Crippen LogP contribution < -0.4 is 5.73 Å². The van der Waals surface area contributed by atoms with Crippen LogP contribution in [0.15, 0.2) is 4.99 Å². The van der Waals surface area contributed by atoms with Crippen molar-refractivity contribution in [2.75, 3.05) is 13.1 Å². The first kappa shape index (κ1) is 8.85. The molecule has 0 aromatic rings. The molecule has 0 radical (unpaired) electrons. The van der Waals surface area contributed by atoms with Crippen molar-refractivity contribution in [1.29, 1.82) is 0 Å². The van der Waals surface area contributed by atoms with Gasteiger partial charge in [0.25, 0.3) is 0 Å². The molecule has 74 valence electrons. The van der Waals surface area contributed by atoms with Crippen molar-refractivity contribution in [3.8, 4) is 0 Å². The van der Waals surface area contributed by atoms with E-state index in [9.17, 15) is 0 Å². The lowest BCUT2D eigenvalue weighted by Crippen LogP contribution is -2.35. The second-order valence-corrected chi connectivity index (χ2v) is 4.23. The van der Waals surface area contributed by atoms with Gasteiger partial charge in [0.05, 0.1) is 6.04 Å². The molecule has 0 spiro atoms. The van der Waals surface area contributed by atoms with E-state index in [4.69, 9.17) is 5.73 Å². The Morgan fingerprint density at radius 3 is 2.77 bits per heavy atom. The minimum absolute atomic E-state index is 0.556. The third-order valence-electron chi connectivity index (χ3n) is 3.05. The molecule has 2 fully saturated rings. The van der Waals surface area contributed by atoms with Gasteiger partial charge in [0.15, 0.2) is 5.96 Å². The molecule has 0 amide bonds. The predicted molar refractivity (Wildman–Crippen MR) is 54.6 cm³/mol. The van der Waals surface area contributed by atoms with E-state index in [1.165, 1.54) is 25.7 Å². The van der Waals surface area contributed by atoms with Gasteiger partial charge in [-0.25, -0.2) is 4.99 Å². The normalized spacial score (nSPS) is 29.8. The highest BCUT2D eigenvalue weighted by Gasteiger charge is 2.25. The molecule has 1 atom stereocenters. The lowest BCUT2D eigenvalue weighted by atomic mass is 10.1. The fourth-order valence-electron chi connectivity index (χ4n) is 1.85. The number of hydrogen-bond donors (Lipinski definition) is 1. The van der Waals surface area contributed by atoms with Gasteiger partial charge in [-0.3, -0.25) is 0 Å². The zero-order chi connectivity index (χ0) is 9.26.